The summed E-state index contributed by atoms with van der Waals surface area (Å²) in [7, 11) is 3.25. The van der Waals surface area contributed by atoms with Crippen LogP contribution < -0.4 is 5.32 Å². The number of aliphatic hydroxyl groups is 1. The molecule has 1 heterocycles. The molecule has 2 aromatic rings. The van der Waals surface area contributed by atoms with Crippen molar-refractivity contribution in [2.75, 3.05) is 20.7 Å². The van der Waals surface area contributed by atoms with Gasteiger partial charge in [-0.3, -0.25) is 9.59 Å². The fourth-order valence-electron chi connectivity index (χ4n) is 4.65. The second-order valence-electron chi connectivity index (χ2n) is 8.68. The lowest BCUT2D eigenvalue weighted by Crippen LogP contribution is -2.44. The van der Waals surface area contributed by atoms with Crippen LogP contribution in [0.5, 0.6) is 0 Å². The Labute approximate surface area is 188 Å². The van der Waals surface area contributed by atoms with Crippen LogP contribution in [-0.2, 0) is 21.6 Å². The monoisotopic (exact) mass is 443 g/mol. The summed E-state index contributed by atoms with van der Waals surface area (Å²) in [6.45, 7) is 3.97. The second kappa shape index (κ2) is 10.3. The Hall–Kier alpha value is -2.71. The van der Waals surface area contributed by atoms with Crippen molar-refractivity contribution in [2.24, 2.45) is 0 Å². The SMILES string of the molecule is COCc1c(C(=O)N(C)[C@H]2CC[C@@](CNC(C)=O)(c3ccccc3)CC[C@@H]2O)noc1C. The Bertz CT molecular complexity index is 929. The van der Waals surface area contributed by atoms with Crippen molar-refractivity contribution in [2.45, 2.75) is 63.7 Å². The van der Waals surface area contributed by atoms with Crippen molar-refractivity contribution < 1.29 is 24.0 Å². The number of aryl methyl sites for hydroxylation is 1. The number of carbonyl (C=O) groups is 2. The number of likely N-dealkylation sites (N-methyl/N-ethyl adjacent to an activating group) is 1. The normalized spacial score (nSPS) is 23.4. The van der Waals surface area contributed by atoms with Crippen LogP contribution in [0.1, 0.15) is 60.0 Å². The van der Waals surface area contributed by atoms with Crippen molar-refractivity contribution in [3.05, 3.63) is 52.9 Å². The first-order chi connectivity index (χ1) is 15.3. The van der Waals surface area contributed by atoms with E-state index in [1.54, 1.807) is 26.0 Å². The van der Waals surface area contributed by atoms with Crippen molar-refractivity contribution in [1.29, 1.82) is 0 Å². The summed E-state index contributed by atoms with van der Waals surface area (Å²) in [5, 5.41) is 17.9. The Kier molecular flexibility index (Phi) is 7.69. The zero-order chi connectivity index (χ0) is 23.3. The van der Waals surface area contributed by atoms with Gasteiger partial charge in [-0.15, -0.1) is 0 Å². The smallest absolute Gasteiger partial charge is 0.276 e. The summed E-state index contributed by atoms with van der Waals surface area (Å²) < 4.78 is 10.4. The van der Waals surface area contributed by atoms with Crippen LogP contribution in [0.3, 0.4) is 0 Å². The van der Waals surface area contributed by atoms with Gasteiger partial charge in [-0.1, -0.05) is 35.5 Å². The maximum Gasteiger partial charge on any atom is 0.276 e. The summed E-state index contributed by atoms with van der Waals surface area (Å²) in [6.07, 6.45) is 1.84. The molecule has 3 rings (SSSR count). The lowest BCUT2D eigenvalue weighted by molar-refractivity contribution is -0.119. The molecule has 0 radical (unpaired) electrons. The van der Waals surface area contributed by atoms with Gasteiger partial charge in [0.1, 0.15) is 5.76 Å². The van der Waals surface area contributed by atoms with Crippen molar-refractivity contribution in [3.63, 3.8) is 0 Å². The highest BCUT2D eigenvalue weighted by molar-refractivity contribution is 5.93. The van der Waals surface area contributed by atoms with E-state index in [0.29, 0.717) is 37.1 Å². The number of hydrogen-bond donors (Lipinski definition) is 2. The molecule has 1 aromatic heterocycles. The molecule has 8 heteroatoms. The molecule has 1 aliphatic rings. The van der Waals surface area contributed by atoms with E-state index in [1.165, 1.54) is 6.92 Å². The van der Waals surface area contributed by atoms with Gasteiger partial charge in [0, 0.05) is 33.0 Å². The van der Waals surface area contributed by atoms with Gasteiger partial charge in [0.15, 0.2) is 5.69 Å². The zero-order valence-corrected chi connectivity index (χ0v) is 19.3. The number of amides is 2. The predicted molar refractivity (Wildman–Crippen MR) is 119 cm³/mol. The van der Waals surface area contributed by atoms with Crippen LogP contribution in [0.15, 0.2) is 34.9 Å². The molecule has 1 aromatic carbocycles. The molecule has 8 nitrogen and oxygen atoms in total. The molecule has 0 aliphatic heterocycles. The second-order valence-corrected chi connectivity index (χ2v) is 8.68. The first kappa shape index (κ1) is 23.9. The van der Waals surface area contributed by atoms with Crippen LogP contribution in [-0.4, -0.2) is 59.8 Å². The minimum absolute atomic E-state index is 0.0824. The first-order valence-corrected chi connectivity index (χ1v) is 11.0. The molecule has 0 unspecified atom stereocenters. The van der Waals surface area contributed by atoms with E-state index in [-0.39, 0.29) is 35.6 Å². The van der Waals surface area contributed by atoms with E-state index in [4.69, 9.17) is 9.26 Å². The molecule has 174 valence electrons. The largest absolute Gasteiger partial charge is 0.391 e. The van der Waals surface area contributed by atoms with Crippen LogP contribution in [0.2, 0.25) is 0 Å². The fourth-order valence-corrected chi connectivity index (χ4v) is 4.65. The average molecular weight is 444 g/mol. The van der Waals surface area contributed by atoms with Gasteiger partial charge in [-0.05, 0) is 38.2 Å². The Morgan fingerprint density at radius 1 is 1.28 bits per heavy atom. The van der Waals surface area contributed by atoms with E-state index in [0.717, 1.165) is 12.0 Å². The van der Waals surface area contributed by atoms with Gasteiger partial charge in [0.25, 0.3) is 5.91 Å². The number of benzene rings is 1. The topological polar surface area (TPSA) is 105 Å². The third-order valence-electron chi connectivity index (χ3n) is 6.64. The summed E-state index contributed by atoms with van der Waals surface area (Å²) >= 11 is 0. The van der Waals surface area contributed by atoms with Gasteiger partial charge in [-0.2, -0.15) is 0 Å². The molecule has 1 saturated carbocycles. The predicted octanol–water partition coefficient (Wildman–Crippen LogP) is 2.58. The fraction of sp³-hybridized carbons (Fsp3) is 0.542. The Balaban J connectivity index is 1.84. The van der Waals surface area contributed by atoms with Crippen LogP contribution in [0.25, 0.3) is 0 Å². The number of ether oxygens (including phenoxy) is 1. The molecule has 2 N–H and O–H groups in total. The molecule has 1 fully saturated rings. The van der Waals surface area contributed by atoms with Crippen molar-refractivity contribution in [1.82, 2.24) is 15.4 Å². The van der Waals surface area contributed by atoms with Crippen molar-refractivity contribution in [3.8, 4) is 0 Å². The number of carbonyl (C=O) groups excluding carboxylic acids is 2. The maximum atomic E-state index is 13.2. The molecular weight excluding hydrogens is 410 g/mol. The van der Waals surface area contributed by atoms with Crippen LogP contribution in [0.4, 0.5) is 0 Å². The maximum absolute atomic E-state index is 13.2. The number of aliphatic hydroxyl groups excluding tert-OH is 1. The number of nitrogens with one attached hydrogen (secondary N) is 1. The highest BCUT2D eigenvalue weighted by atomic mass is 16.5. The van der Waals surface area contributed by atoms with E-state index in [1.807, 2.05) is 18.2 Å². The molecular formula is C24H33N3O5. The number of rotatable bonds is 7. The Morgan fingerprint density at radius 2 is 1.97 bits per heavy atom. The molecule has 0 spiro atoms. The number of nitrogens with zero attached hydrogens (tertiary/aromatic N) is 2. The zero-order valence-electron chi connectivity index (χ0n) is 19.3. The third kappa shape index (κ3) is 5.02. The van der Waals surface area contributed by atoms with Gasteiger partial charge in [-0.25, -0.2) is 0 Å². The number of aromatic nitrogens is 1. The lowest BCUT2D eigenvalue weighted by atomic mass is 9.74. The van der Waals surface area contributed by atoms with Crippen molar-refractivity contribution >= 4 is 11.8 Å². The molecule has 32 heavy (non-hydrogen) atoms. The summed E-state index contributed by atoms with van der Waals surface area (Å²) in [5.74, 6) is 0.163. The van der Waals surface area contributed by atoms with Gasteiger partial charge in [0.2, 0.25) is 5.91 Å². The summed E-state index contributed by atoms with van der Waals surface area (Å²) in [6, 6.07) is 9.70. The summed E-state index contributed by atoms with van der Waals surface area (Å²) in [4.78, 5) is 26.5. The van der Waals surface area contributed by atoms with Gasteiger partial charge in [0.05, 0.1) is 24.3 Å². The van der Waals surface area contributed by atoms with E-state index in [2.05, 4.69) is 22.6 Å². The van der Waals surface area contributed by atoms with E-state index >= 15 is 0 Å². The van der Waals surface area contributed by atoms with Gasteiger partial charge >= 0.3 is 0 Å². The van der Waals surface area contributed by atoms with Crippen LogP contribution in [0, 0.1) is 6.92 Å². The highest BCUT2D eigenvalue weighted by Crippen LogP contribution is 2.39. The molecule has 0 bridgehead atoms. The Morgan fingerprint density at radius 3 is 2.62 bits per heavy atom. The number of hydrogen-bond acceptors (Lipinski definition) is 6. The molecule has 3 atom stereocenters. The quantitative estimate of drug-likeness (QED) is 0.638. The minimum atomic E-state index is -0.689. The standard InChI is InChI=1S/C24H33N3O5/c1-16-19(14-31-4)22(26-32-16)23(30)27(3)20-10-12-24(13-11-21(20)29,15-25-17(2)28)18-8-6-5-7-9-18/h5-9,20-21,29H,10-15H2,1-4H3,(H,25,28)/t20-,21-,24+/m0/s1. The molecule has 2 amide bonds. The first-order valence-electron chi connectivity index (χ1n) is 11.0. The molecule has 1 aliphatic carbocycles. The highest BCUT2D eigenvalue weighted by Gasteiger charge is 2.40. The van der Waals surface area contributed by atoms with E-state index in [9.17, 15) is 14.7 Å². The minimum Gasteiger partial charge on any atom is -0.391 e. The molecule has 0 saturated heterocycles. The van der Waals surface area contributed by atoms with Gasteiger partial charge < -0.3 is 24.6 Å². The van der Waals surface area contributed by atoms with Crippen LogP contribution >= 0.6 is 0 Å². The summed E-state index contributed by atoms with van der Waals surface area (Å²) in [5.41, 5.74) is 1.66. The van der Waals surface area contributed by atoms with E-state index < -0.39 is 6.10 Å². The number of methoxy groups -OCH3 is 1. The third-order valence-corrected chi connectivity index (χ3v) is 6.64. The average Bonchev–Trinajstić information content (AvgIpc) is 3.05. The lowest BCUT2D eigenvalue weighted by Gasteiger charge is -2.34.